The van der Waals surface area contributed by atoms with Crippen molar-refractivity contribution in [3.63, 3.8) is 0 Å². The van der Waals surface area contributed by atoms with Crippen LogP contribution in [0.25, 0.3) is 0 Å². The van der Waals surface area contributed by atoms with Crippen LogP contribution in [0.1, 0.15) is 25.8 Å². The third-order valence-electron chi connectivity index (χ3n) is 2.24. The summed E-state index contributed by atoms with van der Waals surface area (Å²) in [6.45, 7) is 3.70. The Morgan fingerprint density at radius 2 is 2.06 bits per heavy atom. The predicted molar refractivity (Wildman–Crippen MR) is 70.5 cm³/mol. The molecule has 0 saturated carbocycles. The molecule has 1 rings (SSSR count). The molecule has 4 heteroatoms. The lowest BCUT2D eigenvalue weighted by molar-refractivity contribution is -0.137. The maximum absolute atomic E-state index is 11.5. The SMILES string of the molecule is CC(C)=CC(=O)Nc1cccc(CCC(=O)O)c1. The van der Waals surface area contributed by atoms with Crippen LogP contribution >= 0.6 is 0 Å². The topological polar surface area (TPSA) is 66.4 Å². The highest BCUT2D eigenvalue weighted by atomic mass is 16.4. The zero-order valence-corrected chi connectivity index (χ0v) is 10.6. The third kappa shape index (κ3) is 5.30. The van der Waals surface area contributed by atoms with E-state index in [9.17, 15) is 9.59 Å². The number of hydrogen-bond acceptors (Lipinski definition) is 2. The molecule has 0 atom stereocenters. The van der Waals surface area contributed by atoms with Crippen LogP contribution in [0.3, 0.4) is 0 Å². The van der Waals surface area contributed by atoms with E-state index < -0.39 is 5.97 Å². The number of amides is 1. The summed E-state index contributed by atoms with van der Waals surface area (Å²) in [5, 5.41) is 11.3. The molecule has 0 saturated heterocycles. The Morgan fingerprint density at radius 3 is 2.67 bits per heavy atom. The highest BCUT2D eigenvalue weighted by Gasteiger charge is 2.02. The van der Waals surface area contributed by atoms with Crippen molar-refractivity contribution in [2.45, 2.75) is 26.7 Å². The van der Waals surface area contributed by atoms with E-state index in [1.807, 2.05) is 19.9 Å². The monoisotopic (exact) mass is 247 g/mol. The average Bonchev–Trinajstić information content (AvgIpc) is 2.25. The van der Waals surface area contributed by atoms with Crippen molar-refractivity contribution in [3.05, 3.63) is 41.5 Å². The highest BCUT2D eigenvalue weighted by molar-refractivity contribution is 5.99. The van der Waals surface area contributed by atoms with Crippen LogP contribution in [-0.2, 0) is 16.0 Å². The smallest absolute Gasteiger partial charge is 0.303 e. The molecule has 4 nitrogen and oxygen atoms in total. The lowest BCUT2D eigenvalue weighted by Crippen LogP contribution is -2.08. The summed E-state index contributed by atoms with van der Waals surface area (Å²) >= 11 is 0. The number of aryl methyl sites for hydroxylation is 1. The number of carbonyl (C=O) groups is 2. The molecule has 18 heavy (non-hydrogen) atoms. The van der Waals surface area contributed by atoms with Crippen LogP contribution < -0.4 is 5.32 Å². The Bertz CT molecular complexity index is 474. The number of carboxylic acid groups (broad SMARTS) is 1. The fraction of sp³-hybridized carbons (Fsp3) is 0.286. The summed E-state index contributed by atoms with van der Waals surface area (Å²) in [5.41, 5.74) is 2.50. The van der Waals surface area contributed by atoms with E-state index in [1.54, 1.807) is 18.2 Å². The molecular formula is C14H17NO3. The van der Waals surface area contributed by atoms with Gasteiger partial charge < -0.3 is 10.4 Å². The minimum absolute atomic E-state index is 0.0887. The van der Waals surface area contributed by atoms with Crippen molar-refractivity contribution in [1.82, 2.24) is 0 Å². The average molecular weight is 247 g/mol. The summed E-state index contributed by atoms with van der Waals surface area (Å²) in [7, 11) is 0. The minimum atomic E-state index is -0.825. The Kier molecular flexibility index (Phi) is 5.11. The third-order valence-corrected chi connectivity index (χ3v) is 2.24. The molecule has 0 spiro atoms. The number of nitrogens with one attached hydrogen (secondary N) is 1. The molecule has 0 unspecified atom stereocenters. The summed E-state index contributed by atoms with van der Waals surface area (Å²) in [6.07, 6.45) is 2.07. The van der Waals surface area contributed by atoms with Gasteiger partial charge in [0, 0.05) is 18.2 Å². The maximum atomic E-state index is 11.5. The molecule has 0 aromatic heterocycles. The highest BCUT2D eigenvalue weighted by Crippen LogP contribution is 2.12. The second-order valence-corrected chi connectivity index (χ2v) is 4.31. The first-order valence-corrected chi connectivity index (χ1v) is 5.74. The van der Waals surface area contributed by atoms with Crippen molar-refractivity contribution in [1.29, 1.82) is 0 Å². The minimum Gasteiger partial charge on any atom is -0.481 e. The van der Waals surface area contributed by atoms with Crippen molar-refractivity contribution in [3.8, 4) is 0 Å². The number of anilines is 1. The van der Waals surface area contributed by atoms with Gasteiger partial charge in [0.1, 0.15) is 0 Å². The van der Waals surface area contributed by atoms with Gasteiger partial charge in [-0.25, -0.2) is 0 Å². The van der Waals surface area contributed by atoms with E-state index in [2.05, 4.69) is 5.32 Å². The Balaban J connectivity index is 2.67. The van der Waals surface area contributed by atoms with Crippen LogP contribution in [0, 0.1) is 0 Å². The van der Waals surface area contributed by atoms with Gasteiger partial charge in [-0.1, -0.05) is 17.7 Å². The zero-order chi connectivity index (χ0) is 13.5. The normalized spacial score (nSPS) is 9.67. The molecule has 0 fully saturated rings. The van der Waals surface area contributed by atoms with E-state index in [0.29, 0.717) is 12.1 Å². The van der Waals surface area contributed by atoms with Crippen molar-refractivity contribution in [2.24, 2.45) is 0 Å². The first-order chi connectivity index (χ1) is 8.47. The van der Waals surface area contributed by atoms with Gasteiger partial charge in [0.2, 0.25) is 5.91 Å². The summed E-state index contributed by atoms with van der Waals surface area (Å²) < 4.78 is 0. The number of rotatable bonds is 5. The summed E-state index contributed by atoms with van der Waals surface area (Å²) in [4.78, 5) is 22.0. The van der Waals surface area contributed by atoms with Gasteiger partial charge in [0.25, 0.3) is 0 Å². The van der Waals surface area contributed by atoms with Gasteiger partial charge in [0.15, 0.2) is 0 Å². The van der Waals surface area contributed by atoms with Crippen LogP contribution in [0.2, 0.25) is 0 Å². The van der Waals surface area contributed by atoms with Crippen LogP contribution in [0.4, 0.5) is 5.69 Å². The van der Waals surface area contributed by atoms with Crippen LogP contribution in [-0.4, -0.2) is 17.0 Å². The van der Waals surface area contributed by atoms with Gasteiger partial charge in [-0.3, -0.25) is 9.59 Å². The standard InChI is InChI=1S/C14H17NO3/c1-10(2)8-13(16)15-12-5-3-4-11(9-12)6-7-14(17)18/h3-5,8-9H,6-7H2,1-2H3,(H,15,16)(H,17,18). The van der Waals surface area contributed by atoms with E-state index in [-0.39, 0.29) is 12.3 Å². The first-order valence-electron chi connectivity index (χ1n) is 5.74. The number of carbonyl (C=O) groups excluding carboxylic acids is 1. The predicted octanol–water partition coefficient (Wildman–Crippen LogP) is 2.61. The number of aliphatic carboxylic acids is 1. The molecule has 0 radical (unpaired) electrons. The fourth-order valence-electron chi connectivity index (χ4n) is 1.50. The quantitative estimate of drug-likeness (QED) is 0.786. The van der Waals surface area contributed by atoms with E-state index in [0.717, 1.165) is 11.1 Å². The van der Waals surface area contributed by atoms with Gasteiger partial charge in [0.05, 0.1) is 0 Å². The van der Waals surface area contributed by atoms with Gasteiger partial charge in [-0.2, -0.15) is 0 Å². The lowest BCUT2D eigenvalue weighted by Gasteiger charge is -2.05. The molecular weight excluding hydrogens is 230 g/mol. The van der Waals surface area contributed by atoms with Gasteiger partial charge >= 0.3 is 5.97 Å². The number of allylic oxidation sites excluding steroid dienone is 1. The zero-order valence-electron chi connectivity index (χ0n) is 10.6. The van der Waals surface area contributed by atoms with Gasteiger partial charge in [-0.15, -0.1) is 0 Å². The second-order valence-electron chi connectivity index (χ2n) is 4.31. The Labute approximate surface area is 106 Å². The molecule has 0 bridgehead atoms. The van der Waals surface area contributed by atoms with Crippen molar-refractivity contribution in [2.75, 3.05) is 5.32 Å². The Hall–Kier alpha value is -2.10. The molecule has 0 aliphatic carbocycles. The second kappa shape index (κ2) is 6.59. The first kappa shape index (κ1) is 14.0. The van der Waals surface area contributed by atoms with Crippen molar-refractivity contribution >= 4 is 17.6 Å². The number of carboxylic acids is 1. The van der Waals surface area contributed by atoms with Gasteiger partial charge in [-0.05, 0) is 38.0 Å². The molecule has 1 amide bonds. The molecule has 2 N–H and O–H groups in total. The maximum Gasteiger partial charge on any atom is 0.303 e. The fourth-order valence-corrected chi connectivity index (χ4v) is 1.50. The van der Waals surface area contributed by atoms with E-state index >= 15 is 0 Å². The molecule has 1 aromatic carbocycles. The number of hydrogen-bond donors (Lipinski definition) is 2. The summed E-state index contributed by atoms with van der Waals surface area (Å²) in [5.74, 6) is -1.00. The van der Waals surface area contributed by atoms with E-state index in [4.69, 9.17) is 5.11 Å². The summed E-state index contributed by atoms with van der Waals surface area (Å²) in [6, 6.07) is 7.22. The molecule has 0 aliphatic heterocycles. The largest absolute Gasteiger partial charge is 0.481 e. The van der Waals surface area contributed by atoms with E-state index in [1.165, 1.54) is 6.08 Å². The van der Waals surface area contributed by atoms with Crippen LogP contribution in [0.5, 0.6) is 0 Å². The molecule has 96 valence electrons. The van der Waals surface area contributed by atoms with Crippen LogP contribution in [0.15, 0.2) is 35.9 Å². The number of benzene rings is 1. The molecule has 0 aliphatic rings. The molecule has 0 heterocycles. The molecule has 1 aromatic rings. The Morgan fingerprint density at radius 1 is 1.33 bits per heavy atom. The lowest BCUT2D eigenvalue weighted by atomic mass is 10.1. The van der Waals surface area contributed by atoms with Crippen molar-refractivity contribution < 1.29 is 14.7 Å².